The van der Waals surface area contributed by atoms with E-state index in [2.05, 4.69) is 20.8 Å². The van der Waals surface area contributed by atoms with Gasteiger partial charge >= 0.3 is 0 Å². The third-order valence-electron chi connectivity index (χ3n) is 2.50. The Morgan fingerprint density at radius 3 is 2.44 bits per heavy atom. The van der Waals surface area contributed by atoms with E-state index in [0.29, 0.717) is 17.9 Å². The topological polar surface area (TPSA) is 17.1 Å². The van der Waals surface area contributed by atoms with Crippen molar-refractivity contribution in [2.45, 2.75) is 40.0 Å². The molecule has 0 aromatic heterocycles. The van der Waals surface area contributed by atoms with Crippen LogP contribution in [0.25, 0.3) is 0 Å². The Labute approximate surface area is 103 Å². The lowest BCUT2D eigenvalue weighted by Crippen LogP contribution is -2.10. The van der Waals surface area contributed by atoms with Crippen LogP contribution in [0.3, 0.4) is 0 Å². The molecule has 0 atom stereocenters. The lowest BCUT2D eigenvalue weighted by atomic mass is 9.89. The summed E-state index contributed by atoms with van der Waals surface area (Å²) in [6, 6.07) is 7.54. The molecule has 1 aromatic carbocycles. The van der Waals surface area contributed by atoms with Crippen molar-refractivity contribution in [2.24, 2.45) is 5.41 Å². The molecular formula is C14H19ClO. The molecule has 2 heteroatoms. The Kier molecular flexibility index (Phi) is 4.55. The molecular weight excluding hydrogens is 220 g/mol. The average Bonchev–Trinajstić information content (AvgIpc) is 2.18. The van der Waals surface area contributed by atoms with Gasteiger partial charge < -0.3 is 0 Å². The van der Waals surface area contributed by atoms with Crippen LogP contribution < -0.4 is 0 Å². The fourth-order valence-electron chi connectivity index (χ4n) is 1.46. The van der Waals surface area contributed by atoms with Crippen molar-refractivity contribution >= 4 is 17.4 Å². The average molecular weight is 239 g/mol. The van der Waals surface area contributed by atoms with E-state index in [1.165, 1.54) is 0 Å². The molecule has 0 N–H and O–H groups in total. The minimum absolute atomic E-state index is 0.218. The quantitative estimate of drug-likeness (QED) is 0.765. The van der Waals surface area contributed by atoms with Gasteiger partial charge in [-0.1, -0.05) is 50.6 Å². The van der Waals surface area contributed by atoms with Crippen molar-refractivity contribution < 1.29 is 4.79 Å². The summed E-state index contributed by atoms with van der Waals surface area (Å²) in [4.78, 5) is 11.8. The second-order valence-corrected chi connectivity index (χ2v) is 5.77. The molecule has 0 aliphatic carbocycles. The highest BCUT2D eigenvalue weighted by Gasteiger charge is 2.13. The second-order valence-electron chi connectivity index (χ2n) is 5.37. The first-order valence-electron chi connectivity index (χ1n) is 5.63. The summed E-state index contributed by atoms with van der Waals surface area (Å²) >= 11 is 6.01. The lowest BCUT2D eigenvalue weighted by molar-refractivity contribution is -0.118. The normalized spacial score (nSPS) is 11.5. The van der Waals surface area contributed by atoms with E-state index in [4.69, 9.17) is 11.6 Å². The van der Waals surface area contributed by atoms with E-state index in [0.717, 1.165) is 12.0 Å². The number of ketones is 1. The Balaban J connectivity index is 2.50. The van der Waals surface area contributed by atoms with E-state index < -0.39 is 0 Å². The Bertz CT molecular complexity index is 363. The van der Waals surface area contributed by atoms with Gasteiger partial charge in [-0.25, -0.2) is 0 Å². The first-order valence-corrected chi connectivity index (χ1v) is 6.01. The number of carbonyl (C=O) groups excluding carboxylic acids is 1. The summed E-state index contributed by atoms with van der Waals surface area (Å²) in [5, 5.41) is 0.687. The first kappa shape index (κ1) is 13.2. The molecule has 88 valence electrons. The Morgan fingerprint density at radius 1 is 1.25 bits per heavy atom. The summed E-state index contributed by atoms with van der Waals surface area (Å²) in [7, 11) is 0. The fraction of sp³-hybridized carbons (Fsp3) is 0.500. The molecule has 0 amide bonds. The standard InChI is InChI=1S/C14H19ClO/c1-14(2,3)9-8-12(16)10-11-6-4-5-7-13(11)15/h4-7H,8-10H2,1-3H3. The second kappa shape index (κ2) is 5.49. The van der Waals surface area contributed by atoms with E-state index in [-0.39, 0.29) is 11.2 Å². The molecule has 1 nitrogen and oxygen atoms in total. The van der Waals surface area contributed by atoms with Crippen molar-refractivity contribution in [1.82, 2.24) is 0 Å². The zero-order valence-electron chi connectivity index (χ0n) is 10.2. The molecule has 1 rings (SSSR count). The highest BCUT2D eigenvalue weighted by atomic mass is 35.5. The molecule has 0 heterocycles. The van der Waals surface area contributed by atoms with Crippen LogP contribution in [0.5, 0.6) is 0 Å². The predicted molar refractivity (Wildman–Crippen MR) is 68.9 cm³/mol. The summed E-state index contributed by atoms with van der Waals surface area (Å²) in [6.45, 7) is 6.45. The Hall–Kier alpha value is -0.820. The van der Waals surface area contributed by atoms with Gasteiger partial charge in [0, 0.05) is 17.9 Å². The van der Waals surface area contributed by atoms with Crippen LogP contribution in [-0.2, 0) is 11.2 Å². The van der Waals surface area contributed by atoms with Gasteiger partial charge in [-0.15, -0.1) is 0 Å². The van der Waals surface area contributed by atoms with Gasteiger partial charge in [0.2, 0.25) is 0 Å². The van der Waals surface area contributed by atoms with Crippen molar-refractivity contribution in [3.63, 3.8) is 0 Å². The summed E-state index contributed by atoms with van der Waals surface area (Å²) in [6.07, 6.45) is 2.01. The minimum atomic E-state index is 0.218. The molecule has 0 aliphatic heterocycles. The SMILES string of the molecule is CC(C)(C)CCC(=O)Cc1ccccc1Cl. The molecule has 1 aromatic rings. The molecule has 0 saturated heterocycles. The zero-order chi connectivity index (χ0) is 12.2. The molecule has 0 unspecified atom stereocenters. The van der Waals surface area contributed by atoms with Crippen LogP contribution in [0.1, 0.15) is 39.2 Å². The predicted octanol–water partition coefficient (Wildman–Crippen LogP) is 4.28. The maximum atomic E-state index is 11.8. The molecule has 0 radical (unpaired) electrons. The van der Waals surface area contributed by atoms with Gasteiger partial charge in [0.05, 0.1) is 0 Å². The van der Waals surface area contributed by atoms with Crippen LogP contribution in [0.2, 0.25) is 5.02 Å². The van der Waals surface area contributed by atoms with E-state index in [1.54, 1.807) is 0 Å². The van der Waals surface area contributed by atoms with Crippen molar-refractivity contribution in [2.75, 3.05) is 0 Å². The van der Waals surface area contributed by atoms with Gasteiger partial charge in [-0.2, -0.15) is 0 Å². The van der Waals surface area contributed by atoms with Crippen molar-refractivity contribution in [3.05, 3.63) is 34.9 Å². The van der Waals surface area contributed by atoms with E-state index >= 15 is 0 Å². The first-order chi connectivity index (χ1) is 7.38. The number of benzene rings is 1. The number of hydrogen-bond acceptors (Lipinski definition) is 1. The maximum Gasteiger partial charge on any atom is 0.137 e. The number of carbonyl (C=O) groups is 1. The number of hydrogen-bond donors (Lipinski definition) is 0. The third-order valence-corrected chi connectivity index (χ3v) is 2.87. The third kappa shape index (κ3) is 4.80. The number of Topliss-reactive ketones (excluding diaryl/α,β-unsaturated/α-hetero) is 1. The minimum Gasteiger partial charge on any atom is -0.299 e. The molecule has 0 saturated carbocycles. The fourth-order valence-corrected chi connectivity index (χ4v) is 1.66. The van der Waals surface area contributed by atoms with Gasteiger partial charge in [0.15, 0.2) is 0 Å². The van der Waals surface area contributed by atoms with Crippen molar-refractivity contribution in [1.29, 1.82) is 0 Å². The van der Waals surface area contributed by atoms with Crippen LogP contribution in [0, 0.1) is 5.41 Å². The van der Waals surface area contributed by atoms with Gasteiger partial charge in [0.25, 0.3) is 0 Å². The Morgan fingerprint density at radius 2 is 1.88 bits per heavy atom. The molecule has 0 spiro atoms. The summed E-state index contributed by atoms with van der Waals surface area (Å²) in [5.74, 6) is 0.267. The summed E-state index contributed by atoms with van der Waals surface area (Å²) < 4.78 is 0. The van der Waals surface area contributed by atoms with Crippen LogP contribution in [0.4, 0.5) is 0 Å². The van der Waals surface area contributed by atoms with E-state index in [1.807, 2.05) is 24.3 Å². The van der Waals surface area contributed by atoms with Gasteiger partial charge in [0.1, 0.15) is 5.78 Å². The number of halogens is 1. The molecule has 16 heavy (non-hydrogen) atoms. The van der Waals surface area contributed by atoms with Gasteiger partial charge in [-0.3, -0.25) is 4.79 Å². The van der Waals surface area contributed by atoms with Gasteiger partial charge in [-0.05, 0) is 23.5 Å². The van der Waals surface area contributed by atoms with Crippen LogP contribution >= 0.6 is 11.6 Å². The summed E-state index contributed by atoms with van der Waals surface area (Å²) in [5.41, 5.74) is 1.15. The smallest absolute Gasteiger partial charge is 0.137 e. The largest absolute Gasteiger partial charge is 0.299 e. The monoisotopic (exact) mass is 238 g/mol. The molecule has 0 bridgehead atoms. The maximum absolute atomic E-state index is 11.8. The number of rotatable bonds is 4. The van der Waals surface area contributed by atoms with Crippen LogP contribution in [-0.4, -0.2) is 5.78 Å². The highest BCUT2D eigenvalue weighted by molar-refractivity contribution is 6.31. The zero-order valence-corrected chi connectivity index (χ0v) is 11.0. The molecule has 0 fully saturated rings. The van der Waals surface area contributed by atoms with Crippen molar-refractivity contribution in [3.8, 4) is 0 Å². The molecule has 0 aliphatic rings. The highest BCUT2D eigenvalue weighted by Crippen LogP contribution is 2.22. The van der Waals surface area contributed by atoms with Crippen LogP contribution in [0.15, 0.2) is 24.3 Å². The van der Waals surface area contributed by atoms with E-state index in [9.17, 15) is 4.79 Å². The lowest BCUT2D eigenvalue weighted by Gasteiger charge is -2.17.